The van der Waals surface area contributed by atoms with E-state index >= 15 is 0 Å². The van der Waals surface area contributed by atoms with Gasteiger partial charge in [-0.3, -0.25) is 0 Å². The molecule has 0 radical (unpaired) electrons. The predicted molar refractivity (Wildman–Crippen MR) is 84.9 cm³/mol. The van der Waals surface area contributed by atoms with Gasteiger partial charge in [-0.1, -0.05) is 30.3 Å². The average Bonchev–Trinajstić information content (AvgIpc) is 2.63. The molecule has 0 aliphatic carbocycles. The lowest BCUT2D eigenvalue weighted by Gasteiger charge is -2.31. The summed E-state index contributed by atoms with van der Waals surface area (Å²) in [5.41, 5.74) is 0.711. The van der Waals surface area contributed by atoms with Crippen molar-refractivity contribution in [2.24, 2.45) is 0 Å². The van der Waals surface area contributed by atoms with Gasteiger partial charge in [-0.05, 0) is 37.7 Å². The first-order valence-electron chi connectivity index (χ1n) is 8.56. The second-order valence-corrected chi connectivity index (χ2v) is 6.10. The van der Waals surface area contributed by atoms with E-state index in [0.29, 0.717) is 25.2 Å². The van der Waals surface area contributed by atoms with E-state index in [9.17, 15) is 9.90 Å². The van der Waals surface area contributed by atoms with Gasteiger partial charge in [0.25, 0.3) is 0 Å². The summed E-state index contributed by atoms with van der Waals surface area (Å²) < 4.78 is 22.1. The highest BCUT2D eigenvalue weighted by Crippen LogP contribution is 2.27. The molecule has 1 aromatic carbocycles. The Morgan fingerprint density at radius 1 is 1.08 bits per heavy atom. The van der Waals surface area contributed by atoms with Crippen LogP contribution < -0.4 is 0 Å². The van der Waals surface area contributed by atoms with Crippen LogP contribution in [0.4, 0.5) is 0 Å². The van der Waals surface area contributed by atoms with E-state index in [1.54, 1.807) is 0 Å². The summed E-state index contributed by atoms with van der Waals surface area (Å²) in [4.78, 5) is 12.7. The van der Waals surface area contributed by atoms with E-state index in [2.05, 4.69) is 0 Å². The van der Waals surface area contributed by atoms with Gasteiger partial charge in [-0.2, -0.15) is 0 Å². The highest BCUT2D eigenvalue weighted by Gasteiger charge is 2.33. The third kappa shape index (κ3) is 4.54. The lowest BCUT2D eigenvalue weighted by molar-refractivity contribution is -0.228. The van der Waals surface area contributed by atoms with E-state index < -0.39 is 30.8 Å². The zero-order valence-electron chi connectivity index (χ0n) is 13.6. The smallest absolute Gasteiger partial charge is 0.340 e. The number of carbonyl (C=O) groups excluding carboxylic acids is 1. The summed E-state index contributed by atoms with van der Waals surface area (Å²) in [7, 11) is 0. The molecule has 6 nitrogen and oxygen atoms in total. The van der Waals surface area contributed by atoms with Crippen LogP contribution in [0.5, 0.6) is 0 Å². The standard InChI is InChI=1S/C18H24O6/c19-17-14(9-6-12-22-17)23-18(20)16(13-7-2-1-3-8-13)24-15-10-4-5-11-21-15/h1-3,7-8,14-17,19H,4-6,9-12H2/t14-,15?,16-,17?/m0/s1. The van der Waals surface area contributed by atoms with Gasteiger partial charge in [-0.15, -0.1) is 0 Å². The molecule has 2 heterocycles. The Labute approximate surface area is 141 Å². The zero-order chi connectivity index (χ0) is 16.8. The highest BCUT2D eigenvalue weighted by molar-refractivity contribution is 5.76. The molecule has 2 unspecified atom stereocenters. The minimum atomic E-state index is -1.08. The van der Waals surface area contributed by atoms with Crippen molar-refractivity contribution in [2.45, 2.75) is 56.9 Å². The van der Waals surface area contributed by atoms with Gasteiger partial charge in [0.15, 0.2) is 24.8 Å². The van der Waals surface area contributed by atoms with Gasteiger partial charge >= 0.3 is 5.97 Å². The van der Waals surface area contributed by atoms with Crippen LogP contribution in [0.2, 0.25) is 0 Å². The molecule has 3 rings (SSSR count). The number of carbonyl (C=O) groups is 1. The van der Waals surface area contributed by atoms with Gasteiger partial charge in [0.2, 0.25) is 0 Å². The third-order valence-electron chi connectivity index (χ3n) is 4.25. The van der Waals surface area contributed by atoms with E-state index in [1.165, 1.54) is 0 Å². The van der Waals surface area contributed by atoms with Crippen molar-refractivity contribution in [2.75, 3.05) is 13.2 Å². The predicted octanol–water partition coefficient (Wildman–Crippen LogP) is 2.31. The summed E-state index contributed by atoms with van der Waals surface area (Å²) in [5, 5.41) is 9.83. The summed E-state index contributed by atoms with van der Waals surface area (Å²) in [6.07, 6.45) is 1.07. The number of ether oxygens (including phenoxy) is 4. The monoisotopic (exact) mass is 336 g/mol. The third-order valence-corrected chi connectivity index (χ3v) is 4.25. The number of esters is 1. The Morgan fingerprint density at radius 3 is 2.58 bits per heavy atom. The summed E-state index contributed by atoms with van der Waals surface area (Å²) in [6.45, 7) is 1.11. The summed E-state index contributed by atoms with van der Waals surface area (Å²) >= 11 is 0. The van der Waals surface area contributed by atoms with Crippen LogP contribution in [0.15, 0.2) is 30.3 Å². The van der Waals surface area contributed by atoms with Crippen LogP contribution in [0.25, 0.3) is 0 Å². The molecular formula is C18H24O6. The number of benzene rings is 1. The van der Waals surface area contributed by atoms with Gasteiger partial charge < -0.3 is 24.1 Å². The number of aliphatic hydroxyl groups is 1. The molecule has 24 heavy (non-hydrogen) atoms. The SMILES string of the molecule is O=C(O[C@H]1CCCOC1O)[C@@H](OC1CCCCO1)c1ccccc1. The average molecular weight is 336 g/mol. The lowest BCUT2D eigenvalue weighted by atomic mass is 10.1. The molecule has 0 aromatic heterocycles. The fraction of sp³-hybridized carbons (Fsp3) is 0.611. The Balaban J connectivity index is 1.69. The van der Waals surface area contributed by atoms with Gasteiger partial charge in [0.1, 0.15) is 0 Å². The Morgan fingerprint density at radius 2 is 1.88 bits per heavy atom. The van der Waals surface area contributed by atoms with Gasteiger partial charge in [0, 0.05) is 6.61 Å². The number of rotatable bonds is 5. The molecule has 6 heteroatoms. The van der Waals surface area contributed by atoms with Crippen LogP contribution in [0.1, 0.15) is 43.8 Å². The van der Waals surface area contributed by atoms with Gasteiger partial charge in [-0.25, -0.2) is 4.79 Å². The molecule has 0 amide bonds. The van der Waals surface area contributed by atoms with Crippen molar-refractivity contribution in [3.63, 3.8) is 0 Å². The highest BCUT2D eigenvalue weighted by atomic mass is 16.7. The summed E-state index contributed by atoms with van der Waals surface area (Å²) in [5.74, 6) is -0.523. The second kappa shape index (κ2) is 8.58. The molecular weight excluding hydrogens is 312 g/mol. The molecule has 0 saturated carbocycles. The zero-order valence-corrected chi connectivity index (χ0v) is 13.6. The first-order valence-corrected chi connectivity index (χ1v) is 8.56. The fourth-order valence-electron chi connectivity index (χ4n) is 2.93. The first-order chi connectivity index (χ1) is 11.7. The molecule has 132 valence electrons. The molecule has 2 fully saturated rings. The normalized spacial score (nSPS) is 29.0. The van der Waals surface area contributed by atoms with Gasteiger partial charge in [0.05, 0.1) is 6.61 Å². The van der Waals surface area contributed by atoms with E-state index in [1.807, 2.05) is 30.3 Å². The molecule has 0 spiro atoms. The van der Waals surface area contributed by atoms with Crippen LogP contribution in [-0.2, 0) is 23.7 Å². The lowest BCUT2D eigenvalue weighted by Crippen LogP contribution is -2.39. The Hall–Kier alpha value is -1.47. The van der Waals surface area contributed by atoms with Crippen molar-refractivity contribution in [3.8, 4) is 0 Å². The van der Waals surface area contributed by atoms with Crippen molar-refractivity contribution in [1.29, 1.82) is 0 Å². The van der Waals surface area contributed by atoms with Crippen molar-refractivity contribution < 1.29 is 28.8 Å². The molecule has 1 N–H and O–H groups in total. The number of hydrogen-bond acceptors (Lipinski definition) is 6. The maximum Gasteiger partial charge on any atom is 0.340 e. The summed E-state index contributed by atoms with van der Waals surface area (Å²) in [6, 6.07) is 9.21. The largest absolute Gasteiger partial charge is 0.455 e. The van der Waals surface area contributed by atoms with Crippen molar-refractivity contribution >= 4 is 5.97 Å². The topological polar surface area (TPSA) is 74.2 Å². The molecule has 0 bridgehead atoms. The first kappa shape index (κ1) is 17.4. The molecule has 2 saturated heterocycles. The van der Waals surface area contributed by atoms with Crippen LogP contribution in [0, 0.1) is 0 Å². The van der Waals surface area contributed by atoms with E-state index in [0.717, 1.165) is 25.7 Å². The second-order valence-electron chi connectivity index (χ2n) is 6.10. The van der Waals surface area contributed by atoms with Crippen LogP contribution >= 0.6 is 0 Å². The van der Waals surface area contributed by atoms with Crippen LogP contribution in [0.3, 0.4) is 0 Å². The molecule has 2 aliphatic rings. The van der Waals surface area contributed by atoms with E-state index in [-0.39, 0.29) is 0 Å². The van der Waals surface area contributed by atoms with E-state index in [4.69, 9.17) is 18.9 Å². The quantitative estimate of drug-likeness (QED) is 0.832. The van der Waals surface area contributed by atoms with Crippen LogP contribution in [-0.4, -0.2) is 43.0 Å². The Bertz CT molecular complexity index is 514. The number of hydrogen-bond donors (Lipinski definition) is 1. The minimum absolute atomic E-state index is 0.413. The molecule has 2 aliphatic heterocycles. The van der Waals surface area contributed by atoms with Crippen molar-refractivity contribution in [3.05, 3.63) is 35.9 Å². The maximum absolute atomic E-state index is 12.7. The number of aliphatic hydroxyl groups excluding tert-OH is 1. The maximum atomic E-state index is 12.7. The molecule has 1 aromatic rings. The Kier molecular flexibility index (Phi) is 6.20. The minimum Gasteiger partial charge on any atom is -0.455 e. The van der Waals surface area contributed by atoms with Crippen molar-refractivity contribution in [1.82, 2.24) is 0 Å². The molecule has 4 atom stereocenters. The fourth-order valence-corrected chi connectivity index (χ4v) is 2.93.